The molecular formula is C17H13F3N2O3. The van der Waals surface area contributed by atoms with Crippen molar-refractivity contribution in [3.05, 3.63) is 53.0 Å². The number of halogens is 3. The maximum Gasteiger partial charge on any atom is 0.573 e. The summed E-state index contributed by atoms with van der Waals surface area (Å²) >= 11 is 0. The van der Waals surface area contributed by atoms with E-state index in [9.17, 15) is 18.0 Å². The predicted octanol–water partition coefficient (Wildman–Crippen LogP) is 4.19. The van der Waals surface area contributed by atoms with Gasteiger partial charge in [0, 0.05) is 18.3 Å². The Kier molecular flexibility index (Phi) is 4.35. The smallest absolute Gasteiger partial charge is 0.420 e. The lowest BCUT2D eigenvalue weighted by molar-refractivity contribution is -0.274. The Labute approximate surface area is 140 Å². The Balaban J connectivity index is 2.31. The molecule has 0 aliphatic carbocycles. The Morgan fingerprint density at radius 2 is 1.96 bits per heavy atom. The average Bonchev–Trinajstić information content (AvgIpc) is 2.55. The molecule has 1 aromatic carbocycles. The molecule has 0 spiro atoms. The fourth-order valence-electron chi connectivity index (χ4n) is 2.51. The van der Waals surface area contributed by atoms with E-state index in [1.807, 2.05) is 0 Å². The summed E-state index contributed by atoms with van der Waals surface area (Å²) in [5, 5.41) is 2.99. The number of pyridine rings is 1. The monoisotopic (exact) mass is 350 g/mol. The summed E-state index contributed by atoms with van der Waals surface area (Å²) in [7, 11) is 0. The van der Waals surface area contributed by atoms with Gasteiger partial charge in [0.25, 0.3) is 0 Å². The van der Waals surface area contributed by atoms with E-state index in [0.29, 0.717) is 17.7 Å². The normalized spacial score (nSPS) is 11.5. The molecule has 130 valence electrons. The molecule has 1 N–H and O–H groups in total. The van der Waals surface area contributed by atoms with Crippen LogP contribution in [0, 0.1) is 0 Å². The predicted molar refractivity (Wildman–Crippen MR) is 86.6 cm³/mol. The van der Waals surface area contributed by atoms with Crippen LogP contribution < -0.4 is 15.7 Å². The second-order valence-corrected chi connectivity index (χ2v) is 5.06. The highest BCUT2D eigenvalue weighted by Gasteiger charge is 2.33. The van der Waals surface area contributed by atoms with Crippen LogP contribution in [0.15, 0.2) is 51.8 Å². The molecule has 2 heterocycles. The number of nitrogens with zero attached hydrogens (tertiary/aromatic N) is 1. The minimum atomic E-state index is -4.89. The highest BCUT2D eigenvalue weighted by atomic mass is 19.4. The van der Waals surface area contributed by atoms with E-state index in [0.717, 1.165) is 6.07 Å². The van der Waals surface area contributed by atoms with Crippen LogP contribution in [0.1, 0.15) is 6.92 Å². The summed E-state index contributed by atoms with van der Waals surface area (Å²) in [6.07, 6.45) is -3.38. The fourth-order valence-corrected chi connectivity index (χ4v) is 2.51. The number of nitrogens with one attached hydrogen (secondary N) is 1. The van der Waals surface area contributed by atoms with E-state index >= 15 is 0 Å². The highest BCUT2D eigenvalue weighted by molar-refractivity contribution is 5.96. The van der Waals surface area contributed by atoms with E-state index in [1.54, 1.807) is 19.1 Å². The SMILES string of the molecule is CCNc1c(-c2ccccc2OC(F)(F)F)c(=O)oc2cccnc12. The minimum Gasteiger partial charge on any atom is -0.420 e. The standard InChI is InChI=1S/C17H13F3N2O3/c1-2-21-15-13(16(23)24-12-8-5-9-22-14(12)15)10-6-3-4-7-11(10)25-17(18,19)20/h3-9,21H,2H2,1H3. The first-order valence-electron chi connectivity index (χ1n) is 7.41. The van der Waals surface area contributed by atoms with E-state index < -0.39 is 17.7 Å². The third kappa shape index (κ3) is 3.42. The van der Waals surface area contributed by atoms with Gasteiger partial charge in [0.2, 0.25) is 0 Å². The lowest BCUT2D eigenvalue weighted by atomic mass is 10.0. The quantitative estimate of drug-likeness (QED) is 0.764. The number of rotatable bonds is 4. The molecule has 2 aromatic heterocycles. The van der Waals surface area contributed by atoms with Crippen LogP contribution in [-0.4, -0.2) is 17.9 Å². The molecule has 0 saturated carbocycles. The molecule has 0 saturated heterocycles. The fraction of sp³-hybridized carbons (Fsp3) is 0.176. The number of ether oxygens (including phenoxy) is 1. The first-order chi connectivity index (χ1) is 11.9. The number of aromatic nitrogens is 1. The maximum atomic E-state index is 12.7. The molecule has 0 atom stereocenters. The number of anilines is 1. The third-order valence-corrected chi connectivity index (χ3v) is 3.40. The molecule has 0 aliphatic heterocycles. The molecule has 0 radical (unpaired) electrons. The highest BCUT2D eigenvalue weighted by Crippen LogP contribution is 2.37. The average molecular weight is 350 g/mol. The molecule has 3 aromatic rings. The molecule has 25 heavy (non-hydrogen) atoms. The molecule has 3 rings (SSSR count). The van der Waals surface area contributed by atoms with Crippen molar-refractivity contribution in [2.75, 3.05) is 11.9 Å². The summed E-state index contributed by atoms with van der Waals surface area (Å²) < 4.78 is 47.3. The molecular weight excluding hydrogens is 337 g/mol. The van der Waals surface area contributed by atoms with Crippen molar-refractivity contribution in [1.82, 2.24) is 4.98 Å². The van der Waals surface area contributed by atoms with Gasteiger partial charge in [0.05, 0.1) is 11.3 Å². The lowest BCUT2D eigenvalue weighted by Gasteiger charge is -2.16. The number of hydrogen-bond donors (Lipinski definition) is 1. The van der Waals surface area contributed by atoms with Crippen LogP contribution in [0.4, 0.5) is 18.9 Å². The van der Waals surface area contributed by atoms with Gasteiger partial charge in [-0.3, -0.25) is 4.98 Å². The zero-order valence-electron chi connectivity index (χ0n) is 13.1. The van der Waals surface area contributed by atoms with E-state index in [2.05, 4.69) is 15.0 Å². The number of alkyl halides is 3. The van der Waals surface area contributed by atoms with Crippen molar-refractivity contribution in [3.63, 3.8) is 0 Å². The number of para-hydroxylation sites is 1. The van der Waals surface area contributed by atoms with Crippen LogP contribution in [0.5, 0.6) is 5.75 Å². The Morgan fingerprint density at radius 3 is 2.68 bits per heavy atom. The van der Waals surface area contributed by atoms with Crippen LogP contribution >= 0.6 is 0 Å². The van der Waals surface area contributed by atoms with Gasteiger partial charge in [-0.15, -0.1) is 13.2 Å². The Hall–Kier alpha value is -3.03. The molecule has 0 bridgehead atoms. The van der Waals surface area contributed by atoms with Crippen molar-refractivity contribution in [1.29, 1.82) is 0 Å². The van der Waals surface area contributed by atoms with Gasteiger partial charge in [-0.2, -0.15) is 0 Å². The van der Waals surface area contributed by atoms with Crippen molar-refractivity contribution < 1.29 is 22.3 Å². The van der Waals surface area contributed by atoms with Crippen molar-refractivity contribution >= 4 is 16.8 Å². The zero-order valence-corrected chi connectivity index (χ0v) is 13.1. The lowest BCUT2D eigenvalue weighted by Crippen LogP contribution is -2.18. The van der Waals surface area contributed by atoms with Gasteiger partial charge in [-0.1, -0.05) is 18.2 Å². The largest absolute Gasteiger partial charge is 0.573 e. The maximum absolute atomic E-state index is 12.7. The van der Waals surface area contributed by atoms with E-state index in [1.165, 1.54) is 24.4 Å². The van der Waals surface area contributed by atoms with Gasteiger partial charge >= 0.3 is 12.0 Å². The Bertz CT molecular complexity index is 967. The van der Waals surface area contributed by atoms with Gasteiger partial charge in [-0.25, -0.2) is 4.79 Å². The summed E-state index contributed by atoms with van der Waals surface area (Å²) in [6, 6.07) is 8.56. The first-order valence-corrected chi connectivity index (χ1v) is 7.41. The van der Waals surface area contributed by atoms with E-state index in [4.69, 9.17) is 4.42 Å². The molecule has 0 amide bonds. The molecule has 0 aliphatic rings. The summed E-state index contributed by atoms with van der Waals surface area (Å²) in [5.41, 5.74) is 0.00871. The third-order valence-electron chi connectivity index (χ3n) is 3.40. The molecule has 0 fully saturated rings. The van der Waals surface area contributed by atoms with Gasteiger partial charge in [0.1, 0.15) is 11.3 Å². The second-order valence-electron chi connectivity index (χ2n) is 5.06. The topological polar surface area (TPSA) is 64.4 Å². The number of fused-ring (bicyclic) bond motifs is 1. The first kappa shape index (κ1) is 16.8. The molecule has 0 unspecified atom stereocenters. The summed E-state index contributed by atoms with van der Waals surface area (Å²) in [5.74, 6) is -0.489. The van der Waals surface area contributed by atoms with Crippen LogP contribution in [0.25, 0.3) is 22.2 Å². The van der Waals surface area contributed by atoms with Crippen LogP contribution in [0.3, 0.4) is 0 Å². The van der Waals surface area contributed by atoms with Gasteiger partial charge in [-0.05, 0) is 25.1 Å². The zero-order chi connectivity index (χ0) is 18.0. The van der Waals surface area contributed by atoms with Gasteiger partial charge < -0.3 is 14.5 Å². The summed E-state index contributed by atoms with van der Waals surface area (Å²) in [6.45, 7) is 2.23. The second kappa shape index (κ2) is 6.46. The number of benzene rings is 1. The van der Waals surface area contributed by atoms with Crippen molar-refractivity contribution in [2.24, 2.45) is 0 Å². The van der Waals surface area contributed by atoms with Gasteiger partial charge in [0.15, 0.2) is 5.58 Å². The van der Waals surface area contributed by atoms with E-state index in [-0.39, 0.29) is 16.7 Å². The minimum absolute atomic E-state index is 0.0305. The van der Waals surface area contributed by atoms with Crippen molar-refractivity contribution in [2.45, 2.75) is 13.3 Å². The number of hydrogen-bond acceptors (Lipinski definition) is 5. The van der Waals surface area contributed by atoms with Crippen LogP contribution in [0.2, 0.25) is 0 Å². The van der Waals surface area contributed by atoms with Crippen molar-refractivity contribution in [3.8, 4) is 16.9 Å². The molecule has 8 heteroatoms. The van der Waals surface area contributed by atoms with Crippen LogP contribution in [-0.2, 0) is 0 Å². The molecule has 5 nitrogen and oxygen atoms in total. The summed E-state index contributed by atoms with van der Waals surface area (Å²) in [4.78, 5) is 16.6. The Morgan fingerprint density at radius 1 is 1.20 bits per heavy atom.